The predicted molar refractivity (Wildman–Crippen MR) is 108 cm³/mol. The first kappa shape index (κ1) is 20.3. The average Bonchev–Trinajstić information content (AvgIpc) is 3.37. The lowest BCUT2D eigenvalue weighted by molar-refractivity contribution is -0.131. The van der Waals surface area contributed by atoms with Gasteiger partial charge in [0, 0.05) is 45.3 Å². The fourth-order valence-electron chi connectivity index (χ4n) is 3.47. The highest BCUT2D eigenvalue weighted by Gasteiger charge is 2.39. The molecule has 0 N–H and O–H groups in total. The summed E-state index contributed by atoms with van der Waals surface area (Å²) in [6.07, 6.45) is 8.18. The summed E-state index contributed by atoms with van der Waals surface area (Å²) in [5.74, 6) is 2.82. The molecule has 1 amide bonds. The van der Waals surface area contributed by atoms with Gasteiger partial charge >= 0.3 is 0 Å². The normalized spacial score (nSPS) is 18.6. The number of rotatable bonds is 9. The largest absolute Gasteiger partial charge is 0.339 e. The number of carbonyl (C=O) groups excluding carboxylic acids is 1. The number of amides is 1. The Kier molecular flexibility index (Phi) is 6.04. The maximum atomic E-state index is 12.7. The number of sulfonamides is 1. The zero-order valence-electron chi connectivity index (χ0n) is 16.2. The molecule has 150 valence electrons. The number of carbonyl (C=O) groups is 1. The Morgan fingerprint density at radius 2 is 2.14 bits per heavy atom. The van der Waals surface area contributed by atoms with Crippen LogP contribution in [-0.4, -0.2) is 43.7 Å². The first-order valence-electron chi connectivity index (χ1n) is 9.64. The predicted octanol–water partition coefficient (Wildman–Crippen LogP) is 2.93. The van der Waals surface area contributed by atoms with Crippen molar-refractivity contribution in [2.24, 2.45) is 10.2 Å². The molecular weight excluding hydrogens is 376 g/mol. The second-order valence-electron chi connectivity index (χ2n) is 7.21. The molecule has 2 aliphatic rings. The molecule has 0 aromatic heterocycles. The van der Waals surface area contributed by atoms with Crippen molar-refractivity contribution in [1.29, 1.82) is 0 Å². The van der Waals surface area contributed by atoms with Crippen LogP contribution < -0.4 is 4.31 Å². The zero-order valence-corrected chi connectivity index (χ0v) is 17.0. The Hall–Kier alpha value is -2.40. The minimum absolute atomic E-state index is 0.0408. The topological polar surface area (TPSA) is 82.4 Å². The highest BCUT2D eigenvalue weighted by Crippen LogP contribution is 2.37. The van der Waals surface area contributed by atoms with E-state index in [1.165, 1.54) is 4.31 Å². The van der Waals surface area contributed by atoms with Crippen LogP contribution in [0.4, 0.5) is 5.69 Å². The molecule has 2 aliphatic heterocycles. The van der Waals surface area contributed by atoms with Gasteiger partial charge in [-0.15, -0.1) is 12.3 Å². The van der Waals surface area contributed by atoms with Crippen molar-refractivity contribution >= 4 is 21.6 Å². The second kappa shape index (κ2) is 8.31. The summed E-state index contributed by atoms with van der Waals surface area (Å²) in [4.78, 5) is 14.4. The van der Waals surface area contributed by atoms with E-state index in [1.807, 2.05) is 25.1 Å². The van der Waals surface area contributed by atoms with Crippen molar-refractivity contribution in [2.75, 3.05) is 23.1 Å². The van der Waals surface area contributed by atoms with Crippen LogP contribution in [0.2, 0.25) is 0 Å². The van der Waals surface area contributed by atoms with Crippen LogP contribution in [0, 0.1) is 12.3 Å². The summed E-state index contributed by atoms with van der Waals surface area (Å²) in [6, 6.07) is 7.42. The molecule has 0 saturated carbocycles. The van der Waals surface area contributed by atoms with E-state index in [2.05, 4.69) is 16.1 Å². The Bertz CT molecular complexity index is 898. The van der Waals surface area contributed by atoms with E-state index in [0.29, 0.717) is 57.4 Å². The fourth-order valence-corrected chi connectivity index (χ4v) is 5.03. The molecule has 3 rings (SSSR count). The minimum atomic E-state index is -3.22. The van der Waals surface area contributed by atoms with E-state index in [9.17, 15) is 13.2 Å². The van der Waals surface area contributed by atoms with Crippen LogP contribution in [0.1, 0.15) is 44.6 Å². The average molecular weight is 403 g/mol. The molecule has 1 fully saturated rings. The van der Waals surface area contributed by atoms with Gasteiger partial charge in [0.05, 0.1) is 11.4 Å². The van der Waals surface area contributed by atoms with Crippen molar-refractivity contribution < 1.29 is 13.2 Å². The lowest BCUT2D eigenvalue weighted by Gasteiger charge is -2.23. The molecule has 0 aliphatic carbocycles. The van der Waals surface area contributed by atoms with Gasteiger partial charge < -0.3 is 4.90 Å². The highest BCUT2D eigenvalue weighted by molar-refractivity contribution is 7.93. The van der Waals surface area contributed by atoms with Crippen LogP contribution in [0.15, 0.2) is 34.5 Å². The lowest BCUT2D eigenvalue weighted by atomic mass is 10.0. The monoisotopic (exact) mass is 402 g/mol. The number of anilines is 1. The number of benzene rings is 1. The molecule has 0 radical (unpaired) electrons. The van der Waals surface area contributed by atoms with Gasteiger partial charge in [-0.2, -0.15) is 10.2 Å². The van der Waals surface area contributed by atoms with E-state index < -0.39 is 15.7 Å². The lowest BCUT2D eigenvalue weighted by Crippen LogP contribution is -2.31. The Morgan fingerprint density at radius 1 is 1.36 bits per heavy atom. The minimum Gasteiger partial charge on any atom is -0.339 e. The van der Waals surface area contributed by atoms with E-state index in [1.54, 1.807) is 11.0 Å². The standard InChI is InChI=1S/C20H26N4O3S/c1-3-5-11-20(21-22-20)12-10-19(25)23(4-2)16-17-8-6-9-18(15-17)24-13-7-14-28(24,26)27/h1,6,8-9,15H,4-5,7,10-14,16H2,2H3. The summed E-state index contributed by atoms with van der Waals surface area (Å²) in [6.45, 7) is 3.47. The van der Waals surface area contributed by atoms with Crippen molar-refractivity contribution in [1.82, 2.24) is 4.90 Å². The third kappa shape index (κ3) is 4.71. The number of hydrogen-bond acceptors (Lipinski definition) is 5. The zero-order chi connectivity index (χ0) is 20.2. The maximum Gasteiger partial charge on any atom is 0.235 e. The van der Waals surface area contributed by atoms with Crippen LogP contribution in [0.3, 0.4) is 0 Å². The molecule has 2 heterocycles. The second-order valence-corrected chi connectivity index (χ2v) is 9.22. The van der Waals surface area contributed by atoms with Gasteiger partial charge in [-0.05, 0) is 31.0 Å². The summed E-state index contributed by atoms with van der Waals surface area (Å²) < 4.78 is 25.8. The maximum absolute atomic E-state index is 12.7. The smallest absolute Gasteiger partial charge is 0.235 e. The molecule has 1 aromatic carbocycles. The van der Waals surface area contributed by atoms with E-state index in [-0.39, 0.29) is 11.7 Å². The van der Waals surface area contributed by atoms with Crippen molar-refractivity contribution in [3.63, 3.8) is 0 Å². The van der Waals surface area contributed by atoms with Gasteiger partial charge in [0.2, 0.25) is 15.9 Å². The molecular formula is C20H26N4O3S. The third-order valence-corrected chi connectivity index (χ3v) is 7.07. The van der Waals surface area contributed by atoms with Gasteiger partial charge in [-0.1, -0.05) is 12.1 Å². The van der Waals surface area contributed by atoms with Gasteiger partial charge in [0.25, 0.3) is 0 Å². The molecule has 0 atom stereocenters. The summed E-state index contributed by atoms with van der Waals surface area (Å²) in [7, 11) is -3.22. The molecule has 0 unspecified atom stereocenters. The summed E-state index contributed by atoms with van der Waals surface area (Å²) in [5, 5.41) is 8.16. The summed E-state index contributed by atoms with van der Waals surface area (Å²) >= 11 is 0. The third-order valence-electron chi connectivity index (χ3n) is 5.20. The Morgan fingerprint density at radius 3 is 2.75 bits per heavy atom. The number of nitrogens with zero attached hydrogens (tertiary/aromatic N) is 4. The van der Waals surface area contributed by atoms with Gasteiger partial charge in [0.15, 0.2) is 5.66 Å². The van der Waals surface area contributed by atoms with Gasteiger partial charge in [0.1, 0.15) is 0 Å². The van der Waals surface area contributed by atoms with Crippen LogP contribution in [-0.2, 0) is 21.4 Å². The first-order chi connectivity index (χ1) is 13.4. The Labute approximate surface area is 166 Å². The quantitative estimate of drug-likeness (QED) is 0.596. The van der Waals surface area contributed by atoms with E-state index >= 15 is 0 Å². The van der Waals surface area contributed by atoms with Crippen LogP contribution >= 0.6 is 0 Å². The van der Waals surface area contributed by atoms with Gasteiger partial charge in [-0.3, -0.25) is 9.10 Å². The van der Waals surface area contributed by atoms with Gasteiger partial charge in [-0.25, -0.2) is 8.42 Å². The molecule has 0 bridgehead atoms. The molecule has 1 aromatic rings. The fraction of sp³-hybridized carbons (Fsp3) is 0.550. The molecule has 8 heteroatoms. The molecule has 7 nitrogen and oxygen atoms in total. The molecule has 1 saturated heterocycles. The number of hydrogen-bond donors (Lipinski definition) is 0. The first-order valence-corrected chi connectivity index (χ1v) is 11.2. The molecule has 0 spiro atoms. The van der Waals surface area contributed by atoms with Crippen LogP contribution in [0.25, 0.3) is 0 Å². The van der Waals surface area contributed by atoms with Crippen molar-refractivity contribution in [3.05, 3.63) is 29.8 Å². The van der Waals surface area contributed by atoms with Crippen molar-refractivity contribution in [3.8, 4) is 12.3 Å². The molecule has 28 heavy (non-hydrogen) atoms. The Balaban J connectivity index is 1.61. The summed E-state index contributed by atoms with van der Waals surface area (Å²) in [5.41, 5.74) is 1.13. The SMILES string of the molecule is C#CCCC1(CCC(=O)N(CC)Cc2cccc(N3CCCS3(=O)=O)c2)N=N1. The van der Waals surface area contributed by atoms with E-state index in [0.717, 1.165) is 5.56 Å². The highest BCUT2D eigenvalue weighted by atomic mass is 32.2. The van der Waals surface area contributed by atoms with Crippen LogP contribution in [0.5, 0.6) is 0 Å². The number of terminal acetylenes is 1. The van der Waals surface area contributed by atoms with E-state index in [4.69, 9.17) is 6.42 Å². The van der Waals surface area contributed by atoms with Crippen molar-refractivity contribution in [2.45, 2.75) is 51.2 Å².